The number of fused-ring (bicyclic) bond motifs is 1. The summed E-state index contributed by atoms with van der Waals surface area (Å²) >= 11 is 0. The van der Waals surface area contributed by atoms with Crippen LogP contribution in [0, 0.1) is 6.92 Å². The molecule has 0 radical (unpaired) electrons. The van der Waals surface area contributed by atoms with Gasteiger partial charge in [0.25, 0.3) is 0 Å². The average molecular weight is 324 g/mol. The molecule has 6 heteroatoms. The summed E-state index contributed by atoms with van der Waals surface area (Å²) in [5, 5.41) is 8.75. The molecule has 2 heterocycles. The van der Waals surface area contributed by atoms with E-state index >= 15 is 0 Å². The second-order valence-corrected chi connectivity index (χ2v) is 6.11. The van der Waals surface area contributed by atoms with Crippen molar-refractivity contribution in [2.75, 3.05) is 25.0 Å². The molecular formula is C18H24N6. The van der Waals surface area contributed by atoms with E-state index in [0.29, 0.717) is 6.04 Å². The van der Waals surface area contributed by atoms with E-state index in [0.717, 1.165) is 41.5 Å². The van der Waals surface area contributed by atoms with Crippen LogP contribution in [0.1, 0.15) is 19.7 Å². The van der Waals surface area contributed by atoms with Crippen LogP contribution in [0.15, 0.2) is 36.5 Å². The Kier molecular flexibility index (Phi) is 4.76. The van der Waals surface area contributed by atoms with E-state index < -0.39 is 0 Å². The molecule has 0 spiro atoms. The predicted molar refractivity (Wildman–Crippen MR) is 97.8 cm³/mol. The zero-order valence-electron chi connectivity index (χ0n) is 14.7. The summed E-state index contributed by atoms with van der Waals surface area (Å²) in [6, 6.07) is 10.4. The molecule has 0 unspecified atom stereocenters. The second-order valence-electron chi connectivity index (χ2n) is 6.11. The lowest BCUT2D eigenvalue weighted by Crippen LogP contribution is -2.37. The smallest absolute Gasteiger partial charge is 0.168 e. The molecule has 0 aliphatic carbocycles. The largest absolute Gasteiger partial charge is 0.352 e. The fourth-order valence-electron chi connectivity index (χ4n) is 2.82. The first-order chi connectivity index (χ1) is 11.6. The van der Waals surface area contributed by atoms with Crippen molar-refractivity contribution in [3.8, 4) is 5.69 Å². The Labute approximate surface area is 142 Å². The molecule has 2 aromatic heterocycles. The van der Waals surface area contributed by atoms with Gasteiger partial charge < -0.3 is 10.2 Å². The number of para-hydroxylation sites is 1. The molecule has 0 saturated carbocycles. The number of anilines is 1. The number of rotatable bonds is 6. The number of nitrogens with one attached hydrogen (secondary N) is 1. The van der Waals surface area contributed by atoms with Gasteiger partial charge in [0.2, 0.25) is 0 Å². The molecule has 1 N–H and O–H groups in total. The van der Waals surface area contributed by atoms with Gasteiger partial charge in [0.1, 0.15) is 11.6 Å². The maximum absolute atomic E-state index is 4.72. The Morgan fingerprint density at radius 2 is 1.92 bits per heavy atom. The summed E-state index contributed by atoms with van der Waals surface area (Å²) in [4.78, 5) is 11.7. The summed E-state index contributed by atoms with van der Waals surface area (Å²) in [6.07, 6.45) is 1.87. The first kappa shape index (κ1) is 16.4. The fraction of sp³-hybridized carbons (Fsp3) is 0.389. The van der Waals surface area contributed by atoms with E-state index in [2.05, 4.69) is 34.1 Å². The Hall–Kier alpha value is -2.47. The van der Waals surface area contributed by atoms with E-state index in [1.165, 1.54) is 0 Å². The first-order valence-electron chi connectivity index (χ1n) is 8.31. The van der Waals surface area contributed by atoms with E-state index in [-0.39, 0.29) is 0 Å². The van der Waals surface area contributed by atoms with Crippen molar-refractivity contribution in [3.05, 3.63) is 42.4 Å². The third kappa shape index (κ3) is 3.10. The Morgan fingerprint density at radius 3 is 2.58 bits per heavy atom. The lowest BCUT2D eigenvalue weighted by Gasteiger charge is -2.28. The lowest BCUT2D eigenvalue weighted by molar-refractivity contribution is 0.646. The number of hydrogen-bond acceptors (Lipinski definition) is 5. The highest BCUT2D eigenvalue weighted by atomic mass is 15.3. The maximum Gasteiger partial charge on any atom is 0.168 e. The highest BCUT2D eigenvalue weighted by Crippen LogP contribution is 2.26. The highest BCUT2D eigenvalue weighted by Gasteiger charge is 2.19. The third-order valence-electron chi connectivity index (χ3n) is 4.02. The predicted octanol–water partition coefficient (Wildman–Crippen LogP) is 2.56. The maximum atomic E-state index is 4.72. The van der Waals surface area contributed by atoms with Crippen LogP contribution in [-0.4, -0.2) is 45.9 Å². The number of nitrogens with zero attached hydrogens (tertiary/aromatic N) is 5. The number of likely N-dealkylation sites (N-methyl/N-ethyl adjacent to an activating group) is 1. The van der Waals surface area contributed by atoms with Gasteiger partial charge in [-0.05, 0) is 40.0 Å². The van der Waals surface area contributed by atoms with Gasteiger partial charge >= 0.3 is 0 Å². The van der Waals surface area contributed by atoms with Crippen LogP contribution in [-0.2, 0) is 0 Å². The van der Waals surface area contributed by atoms with E-state index in [4.69, 9.17) is 4.98 Å². The van der Waals surface area contributed by atoms with Crippen LogP contribution in [0.4, 0.5) is 5.82 Å². The minimum Gasteiger partial charge on any atom is -0.352 e. The van der Waals surface area contributed by atoms with Crippen molar-refractivity contribution in [1.29, 1.82) is 0 Å². The molecule has 0 atom stereocenters. The topological polar surface area (TPSA) is 58.9 Å². The van der Waals surface area contributed by atoms with Gasteiger partial charge in [-0.15, -0.1) is 0 Å². The zero-order valence-corrected chi connectivity index (χ0v) is 14.7. The molecule has 0 bridgehead atoms. The Balaban J connectivity index is 2.14. The molecule has 0 aliphatic rings. The van der Waals surface area contributed by atoms with Crippen LogP contribution >= 0.6 is 0 Å². The molecule has 0 aliphatic heterocycles. The van der Waals surface area contributed by atoms with Crippen LogP contribution in [0.3, 0.4) is 0 Å². The van der Waals surface area contributed by atoms with Crippen LogP contribution in [0.25, 0.3) is 16.7 Å². The van der Waals surface area contributed by atoms with E-state index in [1.54, 1.807) is 0 Å². The molecule has 3 rings (SSSR count). The SMILES string of the molecule is CNCCN(c1nc(C)nc2c1cnn2-c1ccccc1)C(C)C. The summed E-state index contributed by atoms with van der Waals surface area (Å²) in [7, 11) is 1.97. The van der Waals surface area contributed by atoms with Crippen molar-refractivity contribution in [2.45, 2.75) is 26.8 Å². The molecule has 1 aromatic carbocycles. The van der Waals surface area contributed by atoms with E-state index in [9.17, 15) is 0 Å². The van der Waals surface area contributed by atoms with Crippen molar-refractivity contribution in [2.24, 2.45) is 0 Å². The third-order valence-corrected chi connectivity index (χ3v) is 4.02. The molecule has 6 nitrogen and oxygen atoms in total. The van der Waals surface area contributed by atoms with Crippen molar-refractivity contribution in [1.82, 2.24) is 25.1 Å². The van der Waals surface area contributed by atoms with Gasteiger partial charge in [0, 0.05) is 19.1 Å². The van der Waals surface area contributed by atoms with Gasteiger partial charge in [-0.1, -0.05) is 18.2 Å². The zero-order chi connectivity index (χ0) is 17.1. The molecule has 24 heavy (non-hydrogen) atoms. The Morgan fingerprint density at radius 1 is 1.17 bits per heavy atom. The number of hydrogen-bond donors (Lipinski definition) is 1. The summed E-state index contributed by atoms with van der Waals surface area (Å²) in [5.74, 6) is 1.70. The number of aryl methyl sites for hydroxylation is 1. The minimum atomic E-state index is 0.343. The van der Waals surface area contributed by atoms with Crippen LogP contribution in [0.2, 0.25) is 0 Å². The van der Waals surface area contributed by atoms with Gasteiger partial charge in [0.05, 0.1) is 17.3 Å². The van der Waals surface area contributed by atoms with Crippen LogP contribution < -0.4 is 10.2 Å². The number of aromatic nitrogens is 4. The quantitative estimate of drug-likeness (QED) is 0.755. The second kappa shape index (κ2) is 6.97. The van der Waals surface area contributed by atoms with Gasteiger partial charge in [-0.25, -0.2) is 14.6 Å². The highest BCUT2D eigenvalue weighted by molar-refractivity contribution is 5.88. The molecule has 0 amide bonds. The molecule has 126 valence electrons. The van der Waals surface area contributed by atoms with Gasteiger partial charge in [-0.3, -0.25) is 0 Å². The lowest BCUT2D eigenvalue weighted by atomic mass is 10.2. The van der Waals surface area contributed by atoms with Gasteiger partial charge in [-0.2, -0.15) is 5.10 Å². The van der Waals surface area contributed by atoms with Crippen LogP contribution in [0.5, 0.6) is 0 Å². The molecule has 0 fully saturated rings. The number of benzene rings is 1. The summed E-state index contributed by atoms with van der Waals surface area (Å²) in [6.45, 7) is 8.08. The van der Waals surface area contributed by atoms with Gasteiger partial charge in [0.15, 0.2) is 5.65 Å². The monoisotopic (exact) mass is 324 g/mol. The molecule has 3 aromatic rings. The van der Waals surface area contributed by atoms with Crippen molar-refractivity contribution < 1.29 is 0 Å². The van der Waals surface area contributed by atoms with E-state index in [1.807, 2.05) is 55.2 Å². The summed E-state index contributed by atoms with van der Waals surface area (Å²) in [5.41, 5.74) is 1.85. The first-order valence-corrected chi connectivity index (χ1v) is 8.31. The standard InChI is InChI=1S/C18H24N6/c1-13(2)23(11-10-19-4)17-16-12-20-24(15-8-6-5-7-9-15)18(16)22-14(3)21-17/h5-9,12-13,19H,10-11H2,1-4H3. The molecular weight excluding hydrogens is 300 g/mol. The fourth-order valence-corrected chi connectivity index (χ4v) is 2.82. The normalized spacial score (nSPS) is 11.4. The minimum absolute atomic E-state index is 0.343. The summed E-state index contributed by atoms with van der Waals surface area (Å²) < 4.78 is 1.88. The van der Waals surface area contributed by atoms with Crippen molar-refractivity contribution >= 4 is 16.9 Å². The van der Waals surface area contributed by atoms with Crippen molar-refractivity contribution in [3.63, 3.8) is 0 Å². The average Bonchev–Trinajstić information content (AvgIpc) is 2.99. The molecule has 0 saturated heterocycles. The Bertz CT molecular complexity index is 809.